The number of aromatic nitrogens is 1. The molecule has 3 nitrogen and oxygen atoms in total. The molecular weight excluding hydrogens is 271 g/mol. The minimum Gasteiger partial charge on any atom is -0.458 e. The normalized spacial score (nSPS) is 19.6. The monoisotopic (exact) mass is 288 g/mol. The summed E-state index contributed by atoms with van der Waals surface area (Å²) in [5.41, 5.74) is 2.93. The number of hydrogen-bond acceptors (Lipinski definition) is 3. The minimum atomic E-state index is 0. The van der Waals surface area contributed by atoms with E-state index in [0.29, 0.717) is 6.04 Å². The highest BCUT2D eigenvalue weighted by Gasteiger charge is 2.25. The van der Waals surface area contributed by atoms with E-state index in [-0.39, 0.29) is 24.8 Å². The van der Waals surface area contributed by atoms with Gasteiger partial charge in [-0.1, -0.05) is 0 Å². The van der Waals surface area contributed by atoms with E-state index in [1.165, 1.54) is 12.8 Å². The predicted octanol–water partition coefficient (Wildman–Crippen LogP) is 3.75. The maximum absolute atomic E-state index is 5.87. The summed E-state index contributed by atoms with van der Waals surface area (Å²) in [5, 5.41) is 0. The van der Waals surface area contributed by atoms with Crippen LogP contribution in [0.25, 0.3) is 11.1 Å². The van der Waals surface area contributed by atoms with Crippen LogP contribution in [0.3, 0.4) is 0 Å². The molecule has 0 radical (unpaired) electrons. The largest absolute Gasteiger partial charge is 0.458 e. The molecular formula is C13H18Cl2N2O. The van der Waals surface area contributed by atoms with E-state index in [1.807, 2.05) is 19.1 Å². The summed E-state index contributed by atoms with van der Waals surface area (Å²) in [6.45, 7) is 3.17. The van der Waals surface area contributed by atoms with E-state index in [9.17, 15) is 0 Å². The molecule has 18 heavy (non-hydrogen) atoms. The highest BCUT2D eigenvalue weighted by atomic mass is 35.5. The smallest absolute Gasteiger partial charge is 0.152 e. The average Bonchev–Trinajstić information content (AvgIpc) is 2.82. The first-order chi connectivity index (χ1) is 7.74. The zero-order chi connectivity index (χ0) is 11.1. The fraction of sp³-hybridized carbons (Fsp3) is 0.462. The van der Waals surface area contributed by atoms with Crippen LogP contribution in [-0.4, -0.2) is 23.5 Å². The second-order valence-electron chi connectivity index (χ2n) is 4.62. The molecule has 5 heteroatoms. The van der Waals surface area contributed by atoms with Gasteiger partial charge < -0.3 is 4.42 Å². The first kappa shape index (κ1) is 15.3. The Bertz CT molecular complexity index is 527. The van der Waals surface area contributed by atoms with Gasteiger partial charge in [0, 0.05) is 11.8 Å². The zero-order valence-electron chi connectivity index (χ0n) is 10.5. The van der Waals surface area contributed by atoms with E-state index in [4.69, 9.17) is 4.42 Å². The van der Waals surface area contributed by atoms with Crippen molar-refractivity contribution in [1.82, 2.24) is 9.88 Å². The molecule has 0 saturated carbocycles. The van der Waals surface area contributed by atoms with Crippen LogP contribution < -0.4 is 0 Å². The van der Waals surface area contributed by atoms with Crippen molar-refractivity contribution in [1.29, 1.82) is 0 Å². The second-order valence-corrected chi connectivity index (χ2v) is 4.62. The summed E-state index contributed by atoms with van der Waals surface area (Å²) in [4.78, 5) is 6.83. The maximum atomic E-state index is 5.87. The van der Waals surface area contributed by atoms with Gasteiger partial charge in [0.05, 0.1) is 6.04 Å². The number of halogens is 2. The molecule has 0 amide bonds. The van der Waals surface area contributed by atoms with Gasteiger partial charge in [-0.3, -0.25) is 4.90 Å². The first-order valence-corrected chi connectivity index (χ1v) is 5.81. The van der Waals surface area contributed by atoms with Crippen LogP contribution in [-0.2, 0) is 0 Å². The second kappa shape index (κ2) is 5.91. The fourth-order valence-corrected chi connectivity index (χ4v) is 2.48. The van der Waals surface area contributed by atoms with Gasteiger partial charge >= 0.3 is 0 Å². The van der Waals surface area contributed by atoms with Gasteiger partial charge in [-0.2, -0.15) is 0 Å². The summed E-state index contributed by atoms with van der Waals surface area (Å²) in [5.74, 6) is 1.06. The molecule has 1 aliphatic rings. The highest BCUT2D eigenvalue weighted by Crippen LogP contribution is 2.33. The number of aryl methyl sites for hydroxylation is 1. The van der Waals surface area contributed by atoms with E-state index < -0.39 is 0 Å². The van der Waals surface area contributed by atoms with E-state index in [1.54, 1.807) is 0 Å². The van der Waals surface area contributed by atoms with Crippen LogP contribution >= 0.6 is 24.8 Å². The number of furan rings is 1. The van der Waals surface area contributed by atoms with Crippen LogP contribution in [0.5, 0.6) is 0 Å². The number of rotatable bonds is 1. The van der Waals surface area contributed by atoms with E-state index in [0.717, 1.165) is 29.1 Å². The van der Waals surface area contributed by atoms with Gasteiger partial charge in [-0.25, -0.2) is 4.98 Å². The quantitative estimate of drug-likeness (QED) is 0.800. The highest BCUT2D eigenvalue weighted by molar-refractivity contribution is 5.85. The Labute approximate surface area is 119 Å². The van der Waals surface area contributed by atoms with Crippen LogP contribution in [0.15, 0.2) is 22.6 Å². The molecule has 0 spiro atoms. The molecule has 1 atom stereocenters. The van der Waals surface area contributed by atoms with Crippen molar-refractivity contribution in [3.05, 3.63) is 29.7 Å². The van der Waals surface area contributed by atoms with Crippen LogP contribution in [0.4, 0.5) is 0 Å². The molecule has 0 aliphatic carbocycles. The summed E-state index contributed by atoms with van der Waals surface area (Å²) in [6, 6.07) is 6.54. The molecule has 1 aliphatic heterocycles. The number of nitrogens with zero attached hydrogens (tertiary/aromatic N) is 2. The Balaban J connectivity index is 0.000000810. The standard InChI is InChI=1S/C13H16N2O.2ClH/c1-9-5-6-12-10(14-9)8-13(16-12)11-4-3-7-15(11)2;;/h5-6,8,11H,3-4,7H2,1-2H3;2*1H/t11-;;/m0../s1. The number of fused-ring (bicyclic) bond motifs is 1. The first-order valence-electron chi connectivity index (χ1n) is 5.81. The van der Waals surface area contributed by atoms with Crippen molar-refractivity contribution in [2.24, 2.45) is 0 Å². The van der Waals surface area contributed by atoms with Crippen molar-refractivity contribution in [2.75, 3.05) is 13.6 Å². The number of hydrogen-bond donors (Lipinski definition) is 0. The molecule has 1 fully saturated rings. The zero-order valence-corrected chi connectivity index (χ0v) is 12.2. The molecule has 100 valence electrons. The molecule has 0 aromatic carbocycles. The van der Waals surface area contributed by atoms with Crippen molar-refractivity contribution < 1.29 is 4.42 Å². The third-order valence-electron chi connectivity index (χ3n) is 3.38. The van der Waals surface area contributed by atoms with Crippen LogP contribution in [0.1, 0.15) is 30.3 Å². The van der Waals surface area contributed by atoms with Crippen molar-refractivity contribution >= 4 is 35.9 Å². The molecule has 0 unspecified atom stereocenters. The lowest BCUT2D eigenvalue weighted by molar-refractivity contribution is 0.281. The molecule has 0 N–H and O–H groups in total. The van der Waals surface area contributed by atoms with Crippen LogP contribution in [0, 0.1) is 6.92 Å². The molecule has 0 bridgehead atoms. The summed E-state index contributed by atoms with van der Waals surface area (Å²) < 4.78 is 5.87. The molecule has 2 aromatic rings. The lowest BCUT2D eigenvalue weighted by atomic mass is 10.2. The van der Waals surface area contributed by atoms with Gasteiger partial charge in [0.2, 0.25) is 0 Å². The van der Waals surface area contributed by atoms with Crippen molar-refractivity contribution in [3.63, 3.8) is 0 Å². The predicted molar refractivity (Wildman–Crippen MR) is 77.8 cm³/mol. The lowest BCUT2D eigenvalue weighted by Crippen LogP contribution is -2.16. The Kier molecular flexibility index (Phi) is 5.02. The summed E-state index contributed by atoms with van der Waals surface area (Å²) in [7, 11) is 2.16. The van der Waals surface area contributed by atoms with Crippen LogP contribution in [0.2, 0.25) is 0 Å². The fourth-order valence-electron chi connectivity index (χ4n) is 2.48. The van der Waals surface area contributed by atoms with Gasteiger partial charge in [-0.15, -0.1) is 24.8 Å². The molecule has 3 heterocycles. The van der Waals surface area contributed by atoms with Crippen molar-refractivity contribution in [2.45, 2.75) is 25.8 Å². The van der Waals surface area contributed by atoms with Crippen molar-refractivity contribution in [3.8, 4) is 0 Å². The van der Waals surface area contributed by atoms with E-state index in [2.05, 4.69) is 23.0 Å². The summed E-state index contributed by atoms with van der Waals surface area (Å²) in [6.07, 6.45) is 2.44. The Hall–Kier alpha value is -0.770. The Morgan fingerprint density at radius 1 is 1.33 bits per heavy atom. The third kappa shape index (κ3) is 2.63. The minimum absolute atomic E-state index is 0. The van der Waals surface area contributed by atoms with Gasteiger partial charge in [-0.05, 0) is 45.5 Å². The molecule has 2 aromatic heterocycles. The average molecular weight is 289 g/mol. The third-order valence-corrected chi connectivity index (χ3v) is 3.38. The maximum Gasteiger partial charge on any atom is 0.152 e. The Morgan fingerprint density at radius 3 is 2.78 bits per heavy atom. The topological polar surface area (TPSA) is 29.3 Å². The van der Waals surface area contributed by atoms with Gasteiger partial charge in [0.15, 0.2) is 5.58 Å². The van der Waals surface area contributed by atoms with Gasteiger partial charge in [0.25, 0.3) is 0 Å². The van der Waals surface area contributed by atoms with Gasteiger partial charge in [0.1, 0.15) is 11.3 Å². The Morgan fingerprint density at radius 2 is 2.11 bits per heavy atom. The molecule has 3 rings (SSSR count). The SMILES string of the molecule is Cc1ccc2oc([C@@H]3CCCN3C)cc2n1.Cl.Cl. The summed E-state index contributed by atoms with van der Waals surface area (Å²) >= 11 is 0. The lowest BCUT2D eigenvalue weighted by Gasteiger charge is -2.16. The molecule has 1 saturated heterocycles. The van der Waals surface area contributed by atoms with E-state index >= 15 is 0 Å². The number of pyridine rings is 1. The number of likely N-dealkylation sites (tertiary alicyclic amines) is 1.